The molecule has 3 aromatic carbocycles. The normalized spacial score (nSPS) is 11.8. The number of benzene rings is 3. The van der Waals surface area contributed by atoms with Gasteiger partial charge in [0.05, 0.1) is 6.04 Å². The van der Waals surface area contributed by atoms with E-state index < -0.39 is 5.63 Å². The fourth-order valence-corrected chi connectivity index (χ4v) is 3.24. The highest BCUT2D eigenvalue weighted by molar-refractivity contribution is 5.79. The second-order valence-electron chi connectivity index (χ2n) is 7.02. The third-order valence-electron chi connectivity index (χ3n) is 4.86. The van der Waals surface area contributed by atoms with E-state index in [-0.39, 0.29) is 18.6 Å². The molecule has 4 rings (SSSR count). The second-order valence-corrected chi connectivity index (χ2v) is 7.02. The number of fused-ring (bicyclic) bond motifs is 1. The minimum atomic E-state index is -0.426. The highest BCUT2D eigenvalue weighted by atomic mass is 16.5. The number of carbonyl (C=O) groups excluding carboxylic acids is 1. The van der Waals surface area contributed by atoms with Crippen LogP contribution < -0.4 is 15.7 Å². The maximum absolute atomic E-state index is 12.3. The van der Waals surface area contributed by atoms with E-state index in [9.17, 15) is 9.59 Å². The van der Waals surface area contributed by atoms with Crippen LogP contribution in [-0.2, 0) is 4.79 Å². The van der Waals surface area contributed by atoms with E-state index in [4.69, 9.17) is 9.15 Å². The number of hydrogen-bond acceptors (Lipinski definition) is 4. The van der Waals surface area contributed by atoms with Crippen molar-refractivity contribution in [1.29, 1.82) is 0 Å². The number of ether oxygens (including phenoxy) is 1. The summed E-state index contributed by atoms with van der Waals surface area (Å²) in [7, 11) is 0. The molecule has 1 amide bonds. The first-order valence-electron chi connectivity index (χ1n) is 9.70. The van der Waals surface area contributed by atoms with Crippen molar-refractivity contribution in [2.75, 3.05) is 6.61 Å². The molecule has 1 N–H and O–H groups in total. The van der Waals surface area contributed by atoms with Gasteiger partial charge in [-0.05, 0) is 41.8 Å². The van der Waals surface area contributed by atoms with Gasteiger partial charge in [-0.1, -0.05) is 54.6 Å². The molecule has 1 aromatic heterocycles. The molecule has 0 radical (unpaired) electrons. The van der Waals surface area contributed by atoms with Gasteiger partial charge in [-0.2, -0.15) is 0 Å². The summed E-state index contributed by atoms with van der Waals surface area (Å²) >= 11 is 0. The highest BCUT2D eigenvalue weighted by Gasteiger charge is 2.11. The summed E-state index contributed by atoms with van der Waals surface area (Å²) in [6, 6.07) is 26.3. The predicted octanol–water partition coefficient (Wildman–Crippen LogP) is 4.72. The summed E-state index contributed by atoms with van der Waals surface area (Å²) in [6.07, 6.45) is 0. The van der Waals surface area contributed by atoms with Gasteiger partial charge < -0.3 is 14.5 Å². The van der Waals surface area contributed by atoms with Gasteiger partial charge in [0, 0.05) is 17.5 Å². The second kappa shape index (κ2) is 8.66. The van der Waals surface area contributed by atoms with Crippen molar-refractivity contribution in [2.45, 2.75) is 13.0 Å². The molecule has 1 atom stereocenters. The molecule has 0 aliphatic rings. The Morgan fingerprint density at radius 3 is 2.40 bits per heavy atom. The predicted molar refractivity (Wildman–Crippen MR) is 116 cm³/mol. The third kappa shape index (κ3) is 4.58. The average Bonchev–Trinajstić information content (AvgIpc) is 2.78. The van der Waals surface area contributed by atoms with Crippen LogP contribution >= 0.6 is 0 Å². The largest absolute Gasteiger partial charge is 0.484 e. The lowest BCUT2D eigenvalue weighted by atomic mass is 10.0. The Kier molecular flexibility index (Phi) is 5.61. The van der Waals surface area contributed by atoms with Crippen LogP contribution in [0.2, 0.25) is 0 Å². The van der Waals surface area contributed by atoms with Crippen LogP contribution in [0.5, 0.6) is 5.75 Å². The van der Waals surface area contributed by atoms with E-state index in [0.29, 0.717) is 11.3 Å². The molecule has 0 bridgehead atoms. The van der Waals surface area contributed by atoms with Crippen molar-refractivity contribution in [3.05, 3.63) is 101 Å². The van der Waals surface area contributed by atoms with Gasteiger partial charge in [-0.25, -0.2) is 4.79 Å². The summed E-state index contributed by atoms with van der Waals surface area (Å²) < 4.78 is 10.7. The molecule has 0 spiro atoms. The molecule has 1 heterocycles. The number of amides is 1. The van der Waals surface area contributed by atoms with E-state index in [1.54, 1.807) is 24.3 Å². The minimum Gasteiger partial charge on any atom is -0.484 e. The molecule has 0 saturated carbocycles. The Morgan fingerprint density at radius 1 is 0.933 bits per heavy atom. The van der Waals surface area contributed by atoms with E-state index in [2.05, 4.69) is 17.4 Å². The van der Waals surface area contributed by atoms with E-state index in [0.717, 1.165) is 22.1 Å². The van der Waals surface area contributed by atoms with Crippen LogP contribution in [0.3, 0.4) is 0 Å². The van der Waals surface area contributed by atoms with E-state index in [1.165, 1.54) is 6.07 Å². The molecule has 4 aromatic rings. The molecule has 0 saturated heterocycles. The molecule has 0 fully saturated rings. The average molecular weight is 399 g/mol. The zero-order valence-corrected chi connectivity index (χ0v) is 16.5. The highest BCUT2D eigenvalue weighted by Crippen LogP contribution is 2.22. The molecule has 0 aliphatic heterocycles. The van der Waals surface area contributed by atoms with Crippen molar-refractivity contribution in [1.82, 2.24) is 5.32 Å². The van der Waals surface area contributed by atoms with Gasteiger partial charge in [0.25, 0.3) is 5.91 Å². The lowest BCUT2D eigenvalue weighted by Gasteiger charge is -2.15. The Hall–Kier alpha value is -3.86. The van der Waals surface area contributed by atoms with Crippen LogP contribution in [-0.4, -0.2) is 12.5 Å². The molecular weight excluding hydrogens is 378 g/mol. The number of hydrogen-bond donors (Lipinski definition) is 1. The standard InChI is InChI=1S/C25H21NO4/c1-17(18-7-9-20(10-8-18)19-5-3-2-4-6-19)26-24(27)16-29-22-13-11-21-12-14-25(28)30-23(21)15-22/h2-15,17H,16H2,1H3,(H,26,27). The fourth-order valence-electron chi connectivity index (χ4n) is 3.24. The fraction of sp³-hybridized carbons (Fsp3) is 0.120. The van der Waals surface area contributed by atoms with Gasteiger partial charge in [0.1, 0.15) is 11.3 Å². The van der Waals surface area contributed by atoms with Crippen molar-refractivity contribution in [3.8, 4) is 16.9 Å². The molecular formula is C25H21NO4. The van der Waals surface area contributed by atoms with Crippen molar-refractivity contribution in [2.24, 2.45) is 0 Å². The molecule has 1 unspecified atom stereocenters. The van der Waals surface area contributed by atoms with Crippen LogP contribution in [0.4, 0.5) is 0 Å². The third-order valence-corrected chi connectivity index (χ3v) is 4.86. The summed E-state index contributed by atoms with van der Waals surface area (Å²) in [5.41, 5.74) is 3.29. The minimum absolute atomic E-state index is 0.130. The van der Waals surface area contributed by atoms with E-state index in [1.807, 2.05) is 49.4 Å². The summed E-state index contributed by atoms with van der Waals surface area (Å²) in [5.74, 6) is 0.233. The van der Waals surface area contributed by atoms with Crippen LogP contribution in [0, 0.1) is 0 Å². The first kappa shape index (κ1) is 19.5. The van der Waals surface area contributed by atoms with Crippen LogP contribution in [0.1, 0.15) is 18.5 Å². The summed E-state index contributed by atoms with van der Waals surface area (Å²) in [6.45, 7) is 1.80. The van der Waals surface area contributed by atoms with Gasteiger partial charge in [0.15, 0.2) is 6.61 Å². The van der Waals surface area contributed by atoms with Gasteiger partial charge in [-0.15, -0.1) is 0 Å². The Morgan fingerprint density at radius 2 is 1.63 bits per heavy atom. The van der Waals surface area contributed by atoms with Crippen molar-refractivity contribution >= 4 is 16.9 Å². The van der Waals surface area contributed by atoms with Crippen LogP contribution in [0.25, 0.3) is 22.1 Å². The first-order chi connectivity index (χ1) is 14.6. The van der Waals surface area contributed by atoms with Crippen molar-refractivity contribution in [3.63, 3.8) is 0 Å². The molecule has 5 nitrogen and oxygen atoms in total. The zero-order chi connectivity index (χ0) is 20.9. The van der Waals surface area contributed by atoms with Gasteiger partial charge >= 0.3 is 5.63 Å². The maximum Gasteiger partial charge on any atom is 0.336 e. The number of nitrogens with one attached hydrogen (secondary N) is 1. The number of carbonyl (C=O) groups is 1. The monoisotopic (exact) mass is 399 g/mol. The molecule has 5 heteroatoms. The van der Waals surface area contributed by atoms with Gasteiger partial charge in [0.2, 0.25) is 0 Å². The van der Waals surface area contributed by atoms with Crippen LogP contribution in [0.15, 0.2) is 94.1 Å². The quantitative estimate of drug-likeness (QED) is 0.477. The van der Waals surface area contributed by atoms with Gasteiger partial charge in [-0.3, -0.25) is 4.79 Å². The topological polar surface area (TPSA) is 68.5 Å². The van der Waals surface area contributed by atoms with E-state index >= 15 is 0 Å². The Bertz CT molecular complexity index is 1210. The lowest BCUT2D eigenvalue weighted by Crippen LogP contribution is -2.31. The lowest BCUT2D eigenvalue weighted by molar-refractivity contribution is -0.123. The first-order valence-corrected chi connectivity index (χ1v) is 9.70. The SMILES string of the molecule is CC(NC(=O)COc1ccc2ccc(=O)oc2c1)c1ccc(-c2ccccc2)cc1. The van der Waals surface area contributed by atoms with Crippen molar-refractivity contribution < 1.29 is 13.9 Å². The smallest absolute Gasteiger partial charge is 0.336 e. The molecule has 0 aliphatic carbocycles. The Balaban J connectivity index is 1.35. The molecule has 30 heavy (non-hydrogen) atoms. The number of rotatable bonds is 6. The Labute approximate surface area is 173 Å². The summed E-state index contributed by atoms with van der Waals surface area (Å²) in [5, 5.41) is 3.73. The maximum atomic E-state index is 12.3. The zero-order valence-electron chi connectivity index (χ0n) is 16.5. The summed E-state index contributed by atoms with van der Waals surface area (Å²) in [4.78, 5) is 23.6. The molecule has 150 valence electrons.